The lowest BCUT2D eigenvalue weighted by atomic mass is 9.91. The van der Waals surface area contributed by atoms with Crippen molar-refractivity contribution in [2.45, 2.75) is 52.8 Å². The number of ketones is 1. The van der Waals surface area contributed by atoms with E-state index in [0.29, 0.717) is 12.3 Å². The first kappa shape index (κ1) is 21.2. The topological polar surface area (TPSA) is 88.1 Å². The van der Waals surface area contributed by atoms with Crippen LogP contribution in [0.2, 0.25) is 0 Å². The van der Waals surface area contributed by atoms with Gasteiger partial charge in [0.05, 0.1) is 31.2 Å². The highest BCUT2D eigenvalue weighted by Gasteiger charge is 2.26. The van der Waals surface area contributed by atoms with Gasteiger partial charge in [-0.25, -0.2) is 18.7 Å². The van der Waals surface area contributed by atoms with Crippen molar-refractivity contribution in [1.82, 2.24) is 18.7 Å². The van der Waals surface area contributed by atoms with E-state index in [2.05, 4.69) is 4.98 Å². The minimum absolute atomic E-state index is 0.0449. The quantitative estimate of drug-likeness (QED) is 0.622. The van der Waals surface area contributed by atoms with Gasteiger partial charge in [-0.2, -0.15) is 0 Å². The number of nitrogens with zero attached hydrogens (tertiary/aromatic N) is 4. The number of ether oxygens (including phenoxy) is 1. The molecule has 0 amide bonds. The molecular weight excluding hydrogens is 403 g/mol. The normalized spacial score (nSPS) is 16.8. The highest BCUT2D eigenvalue weighted by Crippen LogP contribution is 2.19. The van der Waals surface area contributed by atoms with E-state index in [1.54, 1.807) is 20.8 Å². The summed E-state index contributed by atoms with van der Waals surface area (Å²) >= 11 is 0. The maximum Gasteiger partial charge on any atom is 0.337 e. The molecular formula is C22H25FN4O4. The second kappa shape index (κ2) is 7.88. The molecule has 164 valence electrons. The first-order valence-electron chi connectivity index (χ1n) is 10.3. The second-order valence-electron chi connectivity index (χ2n) is 8.86. The molecule has 0 radical (unpaired) electrons. The van der Waals surface area contributed by atoms with E-state index in [4.69, 9.17) is 4.74 Å². The van der Waals surface area contributed by atoms with Crippen molar-refractivity contribution in [3.63, 3.8) is 0 Å². The summed E-state index contributed by atoms with van der Waals surface area (Å²) < 4.78 is 23.0. The van der Waals surface area contributed by atoms with E-state index >= 15 is 0 Å². The Kier molecular flexibility index (Phi) is 5.38. The summed E-state index contributed by atoms with van der Waals surface area (Å²) in [5, 5.41) is 0. The summed E-state index contributed by atoms with van der Waals surface area (Å²) in [6.45, 7) is 6.06. The highest BCUT2D eigenvalue weighted by atomic mass is 19.1. The van der Waals surface area contributed by atoms with Crippen LogP contribution in [0.1, 0.15) is 33.6 Å². The minimum atomic E-state index is -0.599. The van der Waals surface area contributed by atoms with Crippen LogP contribution in [-0.2, 0) is 22.6 Å². The summed E-state index contributed by atoms with van der Waals surface area (Å²) in [5.41, 5.74) is -1.03. The largest absolute Gasteiger partial charge is 0.376 e. The number of hydrogen-bond acceptors (Lipinski definition) is 5. The van der Waals surface area contributed by atoms with Crippen LogP contribution in [-0.4, -0.2) is 37.2 Å². The van der Waals surface area contributed by atoms with Crippen molar-refractivity contribution >= 4 is 16.9 Å². The van der Waals surface area contributed by atoms with Crippen molar-refractivity contribution in [1.29, 1.82) is 0 Å². The van der Waals surface area contributed by atoms with E-state index < -0.39 is 22.5 Å². The highest BCUT2D eigenvalue weighted by molar-refractivity contribution is 5.85. The molecule has 1 unspecified atom stereocenters. The summed E-state index contributed by atoms with van der Waals surface area (Å²) in [5.74, 6) is -0.515. The molecule has 4 rings (SSSR count). The molecule has 1 aliphatic rings. The van der Waals surface area contributed by atoms with Crippen LogP contribution in [0.3, 0.4) is 0 Å². The first-order valence-corrected chi connectivity index (χ1v) is 10.3. The third-order valence-corrected chi connectivity index (χ3v) is 5.55. The van der Waals surface area contributed by atoms with Gasteiger partial charge in [-0.1, -0.05) is 20.8 Å². The number of Topliss-reactive ketones (excluding diaryl/α,β-unsaturated/α-hetero) is 1. The van der Waals surface area contributed by atoms with Crippen molar-refractivity contribution < 1.29 is 13.9 Å². The van der Waals surface area contributed by atoms with Crippen molar-refractivity contribution in [2.24, 2.45) is 5.41 Å². The number of benzene rings is 1. The predicted octanol–water partition coefficient (Wildman–Crippen LogP) is 2.28. The number of imidazole rings is 1. The van der Waals surface area contributed by atoms with Gasteiger partial charge in [0.1, 0.15) is 5.82 Å². The van der Waals surface area contributed by atoms with Gasteiger partial charge < -0.3 is 9.30 Å². The molecule has 2 aromatic heterocycles. The molecule has 0 aliphatic carbocycles. The van der Waals surface area contributed by atoms with Crippen LogP contribution < -0.4 is 11.2 Å². The smallest absolute Gasteiger partial charge is 0.337 e. The number of hydrogen-bond donors (Lipinski definition) is 0. The van der Waals surface area contributed by atoms with Gasteiger partial charge >= 0.3 is 5.69 Å². The molecule has 9 heteroatoms. The third kappa shape index (κ3) is 3.97. The van der Waals surface area contributed by atoms with Crippen molar-refractivity contribution in [3.8, 4) is 5.69 Å². The van der Waals surface area contributed by atoms with Crippen molar-refractivity contribution in [3.05, 3.63) is 57.2 Å². The van der Waals surface area contributed by atoms with Crippen LogP contribution in [0.25, 0.3) is 16.9 Å². The molecule has 1 saturated heterocycles. The lowest BCUT2D eigenvalue weighted by molar-refractivity contribution is -0.126. The Morgan fingerprint density at radius 3 is 2.55 bits per heavy atom. The molecule has 1 aromatic carbocycles. The fourth-order valence-electron chi connectivity index (χ4n) is 3.67. The maximum atomic E-state index is 13.5. The van der Waals surface area contributed by atoms with E-state index in [0.717, 1.165) is 17.4 Å². The van der Waals surface area contributed by atoms with Gasteiger partial charge in [-0.05, 0) is 37.1 Å². The van der Waals surface area contributed by atoms with Crippen LogP contribution in [0.4, 0.5) is 4.39 Å². The fraction of sp³-hybridized carbons (Fsp3) is 0.455. The van der Waals surface area contributed by atoms with E-state index in [9.17, 15) is 18.8 Å². The Labute approximate surface area is 177 Å². The SMILES string of the molecule is CC(C)(C)C(=O)Cn1cnc2c1c(=O)n(CC1CCCO1)c(=O)n2-c1ccc(F)cc1. The molecule has 31 heavy (non-hydrogen) atoms. The van der Waals surface area contributed by atoms with Crippen LogP contribution in [0.5, 0.6) is 0 Å². The fourth-order valence-corrected chi connectivity index (χ4v) is 3.67. The average Bonchev–Trinajstić information content (AvgIpc) is 3.36. The number of aromatic nitrogens is 4. The zero-order valence-electron chi connectivity index (χ0n) is 17.8. The number of fused-ring (bicyclic) bond motifs is 1. The Hall–Kier alpha value is -3.07. The molecule has 8 nitrogen and oxygen atoms in total. The number of halogens is 1. The molecule has 3 aromatic rings. The van der Waals surface area contributed by atoms with Gasteiger partial charge in [0.25, 0.3) is 5.56 Å². The third-order valence-electron chi connectivity index (χ3n) is 5.55. The number of carbonyl (C=O) groups is 1. The molecule has 0 saturated carbocycles. The lowest BCUT2D eigenvalue weighted by Crippen LogP contribution is -2.42. The molecule has 1 atom stereocenters. The van der Waals surface area contributed by atoms with E-state index in [1.807, 2.05) is 0 Å². The van der Waals surface area contributed by atoms with Gasteiger partial charge in [-0.3, -0.25) is 14.2 Å². The van der Waals surface area contributed by atoms with E-state index in [1.165, 1.54) is 39.7 Å². The van der Waals surface area contributed by atoms with Crippen molar-refractivity contribution in [2.75, 3.05) is 6.61 Å². The zero-order valence-corrected chi connectivity index (χ0v) is 17.8. The molecule has 1 aliphatic heterocycles. The van der Waals surface area contributed by atoms with Crippen LogP contribution >= 0.6 is 0 Å². The Balaban J connectivity index is 1.94. The molecule has 0 N–H and O–H groups in total. The van der Waals surface area contributed by atoms with E-state index in [-0.39, 0.29) is 36.1 Å². The van der Waals surface area contributed by atoms with Crippen LogP contribution in [0.15, 0.2) is 40.2 Å². The monoisotopic (exact) mass is 428 g/mol. The maximum absolute atomic E-state index is 13.5. The summed E-state index contributed by atoms with van der Waals surface area (Å²) in [6.07, 6.45) is 2.77. The van der Waals surface area contributed by atoms with Gasteiger partial charge in [0.2, 0.25) is 0 Å². The Morgan fingerprint density at radius 1 is 1.23 bits per heavy atom. The predicted molar refractivity (Wildman–Crippen MR) is 113 cm³/mol. The second-order valence-corrected chi connectivity index (χ2v) is 8.86. The van der Waals surface area contributed by atoms with Gasteiger partial charge in [-0.15, -0.1) is 0 Å². The summed E-state index contributed by atoms with van der Waals surface area (Å²) in [7, 11) is 0. The molecule has 3 heterocycles. The van der Waals surface area contributed by atoms with Crippen LogP contribution in [0, 0.1) is 11.2 Å². The summed E-state index contributed by atoms with van der Waals surface area (Å²) in [4.78, 5) is 43.6. The standard InChI is InChI=1S/C22H25FN4O4/c1-22(2,3)17(28)12-25-13-24-19-18(25)20(29)26(11-16-5-4-10-31-16)21(30)27(19)15-8-6-14(23)7-9-15/h6-9,13,16H,4-5,10-12H2,1-3H3. The summed E-state index contributed by atoms with van der Waals surface area (Å²) in [6, 6.07) is 5.39. The van der Waals surface area contributed by atoms with Gasteiger partial charge in [0.15, 0.2) is 16.9 Å². The lowest BCUT2D eigenvalue weighted by Gasteiger charge is -2.18. The Bertz CT molecular complexity index is 1240. The molecule has 1 fully saturated rings. The zero-order chi connectivity index (χ0) is 22.3. The number of carbonyl (C=O) groups excluding carboxylic acids is 1. The average molecular weight is 428 g/mol. The van der Waals surface area contributed by atoms with Gasteiger partial charge in [0, 0.05) is 12.0 Å². The first-order chi connectivity index (χ1) is 14.7. The molecule has 0 spiro atoms. The minimum Gasteiger partial charge on any atom is -0.376 e. The molecule has 0 bridgehead atoms. The number of rotatable bonds is 5. The Morgan fingerprint density at radius 2 is 1.94 bits per heavy atom.